The summed E-state index contributed by atoms with van der Waals surface area (Å²) in [6, 6.07) is 4.22. The van der Waals surface area contributed by atoms with Gasteiger partial charge in [0.15, 0.2) is 14.3 Å². The molecule has 2 atom stereocenters. The second-order valence-electron chi connectivity index (χ2n) is 10.1. The largest absolute Gasteiger partial charge is 0.417 e. The molecule has 38 heavy (non-hydrogen) atoms. The highest BCUT2D eigenvalue weighted by atomic mass is 79.9. The van der Waals surface area contributed by atoms with E-state index in [1.807, 2.05) is 13.8 Å². The first-order valence-electron chi connectivity index (χ1n) is 12.5. The number of aromatic nitrogens is 2. The third-order valence-electron chi connectivity index (χ3n) is 7.02. The molecule has 13 heteroatoms. The second-order valence-corrected chi connectivity index (χ2v) is 13.5. The molecule has 2 N–H and O–H groups in total. The lowest BCUT2D eigenvalue weighted by Gasteiger charge is -2.35. The zero-order valence-electron chi connectivity index (χ0n) is 21.6. The molecule has 8 nitrogen and oxygen atoms in total. The Morgan fingerprint density at radius 1 is 1.26 bits per heavy atom. The number of anilines is 1. The zero-order valence-corrected chi connectivity index (χ0v) is 24.2. The van der Waals surface area contributed by atoms with Gasteiger partial charge in [0.1, 0.15) is 0 Å². The molecule has 0 unspecified atom stereocenters. The van der Waals surface area contributed by atoms with Crippen molar-refractivity contribution in [3.63, 3.8) is 0 Å². The van der Waals surface area contributed by atoms with Crippen molar-refractivity contribution in [1.82, 2.24) is 19.8 Å². The normalized spacial score (nSPS) is 20.0. The molecular formula is C25H30BrF3N5O3Si. The molecule has 0 spiro atoms. The average molecular weight is 614 g/mol. The average Bonchev–Trinajstić information content (AvgIpc) is 3.32. The summed E-state index contributed by atoms with van der Waals surface area (Å²) in [7, 11) is 0.326. The summed E-state index contributed by atoms with van der Waals surface area (Å²) >= 11 is 2.91. The van der Waals surface area contributed by atoms with E-state index in [1.165, 1.54) is 17.0 Å². The Balaban J connectivity index is 1.69. The predicted octanol–water partition coefficient (Wildman–Crippen LogP) is 4.79. The first-order valence-corrected chi connectivity index (χ1v) is 15.2. The number of alkyl halides is 3. The molecule has 1 aromatic carbocycles. The van der Waals surface area contributed by atoms with Crippen LogP contribution in [0.15, 0.2) is 27.5 Å². The summed E-state index contributed by atoms with van der Waals surface area (Å²) in [6.45, 7) is 5.63. The topological polar surface area (TPSA) is 96.3 Å². The molecule has 3 heterocycles. The standard InChI is InChI=1S/C25H30BrF3N5O3Si/c1-13(2)31-23-32-20-11-33(21(35)15-5-6-19(26)18(10-15)25(27,28)29)14(3)9-17(20)22(36)34(23)16-7-8-38(12-16)24(37)30-4/h5-6,10,13-14,16H,7-9,11-12H2,1-4H3,(H,30,37)(H,31,32)/t14-,16+/m1/s1. The highest BCUT2D eigenvalue weighted by molar-refractivity contribution is 9.10. The SMILES string of the molecule is CNC(=O)[Si]1CC[C@H](n2c(NC(C)C)nc3c(c2=O)C[C@@H](C)N(C(=O)c2ccc(Br)c(C(F)(F)F)c2)C3)C1. The van der Waals surface area contributed by atoms with Crippen molar-refractivity contribution in [3.8, 4) is 0 Å². The minimum absolute atomic E-state index is 0.00749. The van der Waals surface area contributed by atoms with E-state index in [0.717, 1.165) is 12.1 Å². The highest BCUT2D eigenvalue weighted by Crippen LogP contribution is 2.36. The van der Waals surface area contributed by atoms with Crippen molar-refractivity contribution in [1.29, 1.82) is 0 Å². The van der Waals surface area contributed by atoms with Crippen molar-refractivity contribution in [2.45, 2.75) is 76.5 Å². The molecule has 2 aliphatic heterocycles. The number of amides is 2. The van der Waals surface area contributed by atoms with Crippen LogP contribution in [0.25, 0.3) is 0 Å². The van der Waals surface area contributed by atoms with Gasteiger partial charge in [-0.1, -0.05) is 15.9 Å². The number of nitrogens with zero attached hydrogens (tertiary/aromatic N) is 3. The third-order valence-corrected chi connectivity index (χ3v) is 10.5. The Hall–Kier alpha value is -2.67. The first kappa shape index (κ1) is 28.3. The van der Waals surface area contributed by atoms with Crippen molar-refractivity contribution in [2.24, 2.45) is 0 Å². The maximum absolute atomic E-state index is 13.8. The van der Waals surface area contributed by atoms with Crippen LogP contribution < -0.4 is 16.2 Å². The maximum atomic E-state index is 13.8. The van der Waals surface area contributed by atoms with E-state index in [1.54, 1.807) is 18.5 Å². The van der Waals surface area contributed by atoms with Crippen LogP contribution in [0, 0.1) is 0 Å². The number of nitrogens with one attached hydrogen (secondary N) is 2. The van der Waals surface area contributed by atoms with Gasteiger partial charge < -0.3 is 15.5 Å². The Kier molecular flexibility index (Phi) is 8.08. The van der Waals surface area contributed by atoms with Gasteiger partial charge in [-0.25, -0.2) is 4.98 Å². The Labute approximate surface area is 228 Å². The van der Waals surface area contributed by atoms with Crippen LogP contribution in [0.2, 0.25) is 12.1 Å². The Morgan fingerprint density at radius 2 is 1.97 bits per heavy atom. The van der Waals surface area contributed by atoms with Crippen molar-refractivity contribution < 1.29 is 22.8 Å². The molecule has 205 valence electrons. The first-order chi connectivity index (χ1) is 17.8. The quantitative estimate of drug-likeness (QED) is 0.473. The monoisotopic (exact) mass is 612 g/mol. The van der Waals surface area contributed by atoms with Gasteiger partial charge in [-0.15, -0.1) is 0 Å². The Morgan fingerprint density at radius 3 is 2.61 bits per heavy atom. The molecule has 0 bridgehead atoms. The summed E-state index contributed by atoms with van der Waals surface area (Å²) in [5, 5.41) is 5.97. The van der Waals surface area contributed by atoms with Crippen LogP contribution in [0.4, 0.5) is 23.9 Å². The number of rotatable bonds is 5. The molecule has 1 fully saturated rings. The molecule has 2 amide bonds. The van der Waals surface area contributed by atoms with Crippen LogP contribution >= 0.6 is 15.9 Å². The number of hydrogen-bond donors (Lipinski definition) is 2. The number of carbonyl (C=O) groups excluding carboxylic acids is 2. The van der Waals surface area contributed by atoms with Crippen molar-refractivity contribution in [2.75, 3.05) is 12.4 Å². The fourth-order valence-electron chi connectivity index (χ4n) is 5.12. The van der Waals surface area contributed by atoms with Gasteiger partial charge in [0.2, 0.25) is 5.95 Å². The van der Waals surface area contributed by atoms with E-state index in [4.69, 9.17) is 4.98 Å². The van der Waals surface area contributed by atoms with Gasteiger partial charge in [0.25, 0.3) is 11.5 Å². The van der Waals surface area contributed by atoms with Gasteiger partial charge >= 0.3 is 6.18 Å². The summed E-state index contributed by atoms with van der Waals surface area (Å²) in [4.78, 5) is 45.6. The predicted molar refractivity (Wildman–Crippen MR) is 143 cm³/mol. The van der Waals surface area contributed by atoms with E-state index < -0.39 is 32.5 Å². The van der Waals surface area contributed by atoms with E-state index in [9.17, 15) is 27.6 Å². The number of hydrogen-bond acceptors (Lipinski definition) is 5. The van der Waals surface area contributed by atoms with Gasteiger partial charge in [-0.05, 0) is 63.9 Å². The lowest BCUT2D eigenvalue weighted by atomic mass is 9.98. The number of fused-ring (bicyclic) bond motifs is 1. The molecular weight excluding hydrogens is 583 g/mol. The van der Waals surface area contributed by atoms with Crippen molar-refractivity contribution in [3.05, 3.63) is 55.4 Å². The lowest BCUT2D eigenvalue weighted by molar-refractivity contribution is -0.138. The molecule has 0 saturated carbocycles. The van der Waals surface area contributed by atoms with E-state index >= 15 is 0 Å². The molecule has 1 radical (unpaired) electrons. The number of carbonyl (C=O) groups is 2. The molecule has 0 aliphatic carbocycles. The van der Waals surface area contributed by atoms with Crippen LogP contribution in [0.1, 0.15) is 60.4 Å². The van der Waals surface area contributed by atoms with Crippen LogP contribution in [-0.4, -0.2) is 53.8 Å². The molecule has 2 aliphatic rings. The summed E-state index contributed by atoms with van der Waals surface area (Å²) in [5.41, 5.74) is -0.205. The molecule has 2 aromatic rings. The summed E-state index contributed by atoms with van der Waals surface area (Å²) in [5.74, 6) is -0.169. The van der Waals surface area contributed by atoms with Gasteiger partial charge in [-0.3, -0.25) is 19.0 Å². The van der Waals surface area contributed by atoms with E-state index in [2.05, 4.69) is 26.6 Å². The highest BCUT2D eigenvalue weighted by Gasteiger charge is 2.38. The van der Waals surface area contributed by atoms with Crippen LogP contribution in [-0.2, 0) is 19.1 Å². The third kappa shape index (κ3) is 5.53. The van der Waals surface area contributed by atoms with Gasteiger partial charge in [0, 0.05) is 40.8 Å². The van der Waals surface area contributed by atoms with E-state index in [-0.39, 0.29) is 46.2 Å². The lowest BCUT2D eigenvalue weighted by Crippen LogP contribution is -2.46. The molecule has 1 aromatic heterocycles. The maximum Gasteiger partial charge on any atom is 0.417 e. The fourth-order valence-corrected chi connectivity index (χ4v) is 8.20. The number of benzene rings is 1. The second kappa shape index (κ2) is 10.8. The summed E-state index contributed by atoms with van der Waals surface area (Å²) in [6.07, 6.45) is -3.67. The van der Waals surface area contributed by atoms with Crippen LogP contribution in [0.3, 0.4) is 0 Å². The van der Waals surface area contributed by atoms with Gasteiger partial charge in [-0.2, -0.15) is 13.2 Å². The minimum atomic E-state index is -4.61. The Bertz CT molecular complexity index is 1320. The van der Waals surface area contributed by atoms with Crippen molar-refractivity contribution >= 4 is 42.1 Å². The van der Waals surface area contributed by atoms with E-state index in [0.29, 0.717) is 29.7 Å². The fraction of sp³-hybridized carbons (Fsp3) is 0.520. The zero-order chi connectivity index (χ0) is 27.9. The molecule has 4 rings (SSSR count). The smallest absolute Gasteiger partial charge is 0.364 e. The van der Waals surface area contributed by atoms with Crippen LogP contribution in [0.5, 0.6) is 0 Å². The minimum Gasteiger partial charge on any atom is -0.364 e. The summed E-state index contributed by atoms with van der Waals surface area (Å²) < 4.78 is 41.8. The molecule has 1 saturated heterocycles. The number of halogens is 4. The van der Waals surface area contributed by atoms with Gasteiger partial charge in [0.05, 0.1) is 17.8 Å².